The summed E-state index contributed by atoms with van der Waals surface area (Å²) in [6.07, 6.45) is 5.50. The molecule has 4 nitrogen and oxygen atoms in total. The molecule has 5 heteroatoms. The van der Waals surface area contributed by atoms with Gasteiger partial charge in [0.1, 0.15) is 0 Å². The van der Waals surface area contributed by atoms with Crippen LogP contribution in [-0.4, -0.2) is 15.5 Å². The molecule has 1 N–H and O–H groups in total. The van der Waals surface area contributed by atoms with Crippen molar-refractivity contribution in [1.29, 1.82) is 0 Å². The van der Waals surface area contributed by atoms with Crippen molar-refractivity contribution in [2.45, 2.75) is 26.9 Å². The van der Waals surface area contributed by atoms with Crippen molar-refractivity contribution in [1.82, 2.24) is 14.9 Å². The second kappa shape index (κ2) is 6.79. The molecule has 0 fully saturated rings. The smallest absolute Gasteiger partial charge is 0.261 e. The van der Waals surface area contributed by atoms with Crippen LogP contribution in [0, 0.1) is 13.8 Å². The number of nitrogens with zero attached hydrogens (tertiary/aromatic N) is 2. The van der Waals surface area contributed by atoms with E-state index in [0.717, 1.165) is 17.0 Å². The Bertz CT molecular complexity index is 786. The predicted octanol–water partition coefficient (Wildman–Crippen LogP) is 3.54. The molecule has 23 heavy (non-hydrogen) atoms. The van der Waals surface area contributed by atoms with Gasteiger partial charge in [-0.3, -0.25) is 4.79 Å². The van der Waals surface area contributed by atoms with Crippen molar-refractivity contribution in [2.75, 3.05) is 0 Å². The summed E-state index contributed by atoms with van der Waals surface area (Å²) in [6, 6.07) is 10.1. The van der Waals surface area contributed by atoms with Gasteiger partial charge in [0.05, 0.1) is 11.2 Å². The Morgan fingerprint density at radius 3 is 2.70 bits per heavy atom. The quantitative estimate of drug-likeness (QED) is 0.780. The summed E-state index contributed by atoms with van der Waals surface area (Å²) < 4.78 is 2.02. The Morgan fingerprint density at radius 2 is 2.04 bits per heavy atom. The molecule has 1 amide bonds. The number of amides is 1. The van der Waals surface area contributed by atoms with Crippen LogP contribution in [-0.2, 0) is 13.1 Å². The summed E-state index contributed by atoms with van der Waals surface area (Å²) in [5.41, 5.74) is 3.48. The van der Waals surface area contributed by atoms with Gasteiger partial charge in [-0.2, -0.15) is 0 Å². The maximum atomic E-state index is 12.3. The lowest BCUT2D eigenvalue weighted by atomic mass is 10.1. The fraction of sp³-hybridized carbons (Fsp3) is 0.222. The zero-order chi connectivity index (χ0) is 16.2. The van der Waals surface area contributed by atoms with Gasteiger partial charge in [0, 0.05) is 30.4 Å². The van der Waals surface area contributed by atoms with Gasteiger partial charge in [0.2, 0.25) is 0 Å². The molecule has 0 aliphatic carbocycles. The van der Waals surface area contributed by atoms with Gasteiger partial charge < -0.3 is 9.88 Å². The fourth-order valence-electron chi connectivity index (χ4n) is 2.41. The molecule has 0 atom stereocenters. The van der Waals surface area contributed by atoms with Crippen LogP contribution in [0.15, 0.2) is 49.1 Å². The van der Waals surface area contributed by atoms with E-state index in [2.05, 4.69) is 22.4 Å². The minimum atomic E-state index is -0.0105. The number of carbonyl (C=O) groups is 1. The molecule has 2 heterocycles. The normalized spacial score (nSPS) is 10.7. The Balaban J connectivity index is 1.69. The van der Waals surface area contributed by atoms with Crippen molar-refractivity contribution in [2.24, 2.45) is 0 Å². The summed E-state index contributed by atoms with van der Waals surface area (Å²) >= 11 is 1.54. The van der Waals surface area contributed by atoms with E-state index in [1.807, 2.05) is 42.8 Å². The summed E-state index contributed by atoms with van der Waals surface area (Å²) in [4.78, 5) is 18.3. The molecule has 0 unspecified atom stereocenters. The van der Waals surface area contributed by atoms with Crippen LogP contribution in [0.25, 0.3) is 0 Å². The number of rotatable bonds is 5. The maximum Gasteiger partial charge on any atom is 0.261 e. The summed E-state index contributed by atoms with van der Waals surface area (Å²) in [7, 11) is 0. The third-order valence-corrected chi connectivity index (χ3v) is 5.01. The number of imidazole rings is 1. The van der Waals surface area contributed by atoms with Crippen LogP contribution < -0.4 is 5.32 Å². The van der Waals surface area contributed by atoms with E-state index < -0.39 is 0 Å². The first kappa shape index (κ1) is 15.5. The van der Waals surface area contributed by atoms with Crippen LogP contribution in [0.4, 0.5) is 0 Å². The number of aryl methyl sites for hydroxylation is 2. The Labute approximate surface area is 139 Å². The fourth-order valence-corrected chi connectivity index (χ4v) is 3.36. The highest BCUT2D eigenvalue weighted by Gasteiger charge is 2.11. The second-order valence-electron chi connectivity index (χ2n) is 5.54. The molecule has 0 radical (unpaired) electrons. The van der Waals surface area contributed by atoms with E-state index in [9.17, 15) is 4.79 Å². The molecule has 0 saturated heterocycles. The molecular formula is C18H19N3OS. The zero-order valence-corrected chi connectivity index (χ0v) is 14.1. The van der Waals surface area contributed by atoms with E-state index in [1.54, 1.807) is 23.9 Å². The van der Waals surface area contributed by atoms with Crippen LogP contribution >= 0.6 is 11.3 Å². The van der Waals surface area contributed by atoms with Gasteiger partial charge in [-0.1, -0.05) is 24.3 Å². The first-order valence-electron chi connectivity index (χ1n) is 7.51. The molecule has 3 rings (SSSR count). The molecule has 3 aromatic rings. The molecular weight excluding hydrogens is 306 g/mol. The number of carbonyl (C=O) groups excluding carboxylic acids is 1. The first-order chi connectivity index (χ1) is 11.1. The number of benzene rings is 1. The Kier molecular flexibility index (Phi) is 4.57. The van der Waals surface area contributed by atoms with Crippen molar-refractivity contribution in [3.05, 3.63) is 75.5 Å². The molecule has 0 aliphatic rings. The van der Waals surface area contributed by atoms with Crippen LogP contribution in [0.5, 0.6) is 0 Å². The Morgan fingerprint density at radius 1 is 1.26 bits per heavy atom. The van der Waals surface area contributed by atoms with E-state index in [1.165, 1.54) is 16.0 Å². The van der Waals surface area contributed by atoms with Crippen LogP contribution in [0.1, 0.15) is 31.2 Å². The van der Waals surface area contributed by atoms with Crippen LogP contribution in [0.3, 0.4) is 0 Å². The largest absolute Gasteiger partial charge is 0.347 e. The topological polar surface area (TPSA) is 46.9 Å². The van der Waals surface area contributed by atoms with Gasteiger partial charge in [0.25, 0.3) is 5.91 Å². The molecule has 0 saturated carbocycles. The van der Waals surface area contributed by atoms with E-state index in [-0.39, 0.29) is 5.91 Å². The van der Waals surface area contributed by atoms with E-state index in [0.29, 0.717) is 6.54 Å². The minimum absolute atomic E-state index is 0.0105. The van der Waals surface area contributed by atoms with Gasteiger partial charge in [-0.25, -0.2) is 4.98 Å². The molecule has 2 aromatic heterocycles. The molecule has 0 spiro atoms. The van der Waals surface area contributed by atoms with Gasteiger partial charge >= 0.3 is 0 Å². The van der Waals surface area contributed by atoms with Gasteiger partial charge in [-0.15, -0.1) is 11.3 Å². The highest BCUT2D eigenvalue weighted by molar-refractivity contribution is 7.14. The minimum Gasteiger partial charge on any atom is -0.347 e. The monoisotopic (exact) mass is 325 g/mol. The van der Waals surface area contributed by atoms with Gasteiger partial charge in [-0.05, 0) is 36.6 Å². The summed E-state index contributed by atoms with van der Waals surface area (Å²) in [5, 5.41) is 3.02. The molecule has 0 bridgehead atoms. The van der Waals surface area contributed by atoms with E-state index in [4.69, 9.17) is 0 Å². The average molecular weight is 325 g/mol. The Hall–Kier alpha value is -2.40. The number of hydrogen-bond donors (Lipinski definition) is 1. The first-order valence-corrected chi connectivity index (χ1v) is 8.33. The summed E-state index contributed by atoms with van der Waals surface area (Å²) in [6.45, 7) is 5.35. The number of hydrogen-bond acceptors (Lipinski definition) is 3. The predicted molar refractivity (Wildman–Crippen MR) is 92.7 cm³/mol. The highest BCUT2D eigenvalue weighted by atomic mass is 32.1. The molecule has 118 valence electrons. The number of thiophene rings is 1. The van der Waals surface area contributed by atoms with Gasteiger partial charge in [0.15, 0.2) is 0 Å². The third kappa shape index (κ3) is 3.68. The van der Waals surface area contributed by atoms with Crippen LogP contribution in [0.2, 0.25) is 0 Å². The second-order valence-corrected chi connectivity index (χ2v) is 6.79. The van der Waals surface area contributed by atoms with Crippen molar-refractivity contribution in [3.63, 3.8) is 0 Å². The number of aromatic nitrogens is 2. The highest BCUT2D eigenvalue weighted by Crippen LogP contribution is 2.20. The lowest BCUT2D eigenvalue weighted by Gasteiger charge is -2.11. The molecule has 0 aliphatic heterocycles. The average Bonchev–Trinajstić information content (AvgIpc) is 3.17. The SMILES string of the molecule is Cc1cc(C(=O)NCc2ccccc2Cn2ccnc2)sc1C. The lowest BCUT2D eigenvalue weighted by Crippen LogP contribution is -2.22. The van der Waals surface area contributed by atoms with Crippen molar-refractivity contribution in [3.8, 4) is 0 Å². The number of nitrogens with one attached hydrogen (secondary N) is 1. The van der Waals surface area contributed by atoms with Crippen molar-refractivity contribution < 1.29 is 4.79 Å². The summed E-state index contributed by atoms with van der Waals surface area (Å²) in [5.74, 6) is -0.0105. The van der Waals surface area contributed by atoms with E-state index >= 15 is 0 Å². The molecule has 1 aromatic carbocycles. The standard InChI is InChI=1S/C18H19N3OS/c1-13-9-17(23-14(13)2)18(22)20-10-15-5-3-4-6-16(15)11-21-8-7-19-12-21/h3-9,12H,10-11H2,1-2H3,(H,20,22). The zero-order valence-electron chi connectivity index (χ0n) is 13.2. The third-order valence-electron chi connectivity index (χ3n) is 3.86. The lowest BCUT2D eigenvalue weighted by molar-refractivity contribution is 0.0955. The van der Waals surface area contributed by atoms with Crippen molar-refractivity contribution >= 4 is 17.2 Å². The maximum absolute atomic E-state index is 12.3.